The second kappa shape index (κ2) is 17.3. The third-order valence-corrected chi connectivity index (χ3v) is 8.04. The number of pyridine rings is 4. The van der Waals surface area contributed by atoms with Gasteiger partial charge in [0.05, 0.1) is 35.1 Å². The van der Waals surface area contributed by atoms with E-state index in [1.807, 2.05) is 61.2 Å². The van der Waals surface area contributed by atoms with Crippen LogP contribution in [0.2, 0.25) is 0 Å². The van der Waals surface area contributed by atoms with Crippen LogP contribution in [0.15, 0.2) is 121 Å². The van der Waals surface area contributed by atoms with Gasteiger partial charge in [0, 0.05) is 70.0 Å². The van der Waals surface area contributed by atoms with E-state index in [9.17, 15) is 0 Å². The first-order valence-corrected chi connectivity index (χ1v) is 16.0. The number of hydrogen-bond acceptors (Lipinski definition) is 8. The first-order valence-electron chi connectivity index (χ1n) is 16.0. The van der Waals surface area contributed by atoms with E-state index in [1.165, 1.54) is 5.57 Å². The molecule has 8 nitrogen and oxygen atoms in total. The Hall–Kier alpha value is -4.24. The molecule has 45 heavy (non-hydrogen) atoms. The summed E-state index contributed by atoms with van der Waals surface area (Å²) in [4.78, 5) is 23.4. The maximum Gasteiger partial charge on any atom is 0.0997 e. The van der Waals surface area contributed by atoms with Crippen LogP contribution in [0, 0.1) is 11.8 Å². The summed E-state index contributed by atoms with van der Waals surface area (Å²) in [5.41, 5.74) is 11.2. The van der Waals surface area contributed by atoms with E-state index >= 15 is 0 Å². The summed E-state index contributed by atoms with van der Waals surface area (Å²) >= 11 is 0. The Balaban J connectivity index is 1.40. The van der Waals surface area contributed by atoms with Gasteiger partial charge in [0.15, 0.2) is 0 Å². The second-order valence-electron chi connectivity index (χ2n) is 11.7. The zero-order chi connectivity index (χ0) is 31.1. The van der Waals surface area contributed by atoms with Gasteiger partial charge in [-0.25, -0.2) is 0 Å². The van der Waals surface area contributed by atoms with Gasteiger partial charge in [-0.1, -0.05) is 37.3 Å². The zero-order valence-electron chi connectivity index (χ0n) is 26.3. The van der Waals surface area contributed by atoms with Gasteiger partial charge in [-0.2, -0.15) is 0 Å². The second-order valence-corrected chi connectivity index (χ2v) is 11.7. The quantitative estimate of drug-likeness (QED) is 0.151. The molecule has 5 rings (SSSR count). The Morgan fingerprint density at radius 3 is 1.58 bits per heavy atom. The lowest BCUT2D eigenvalue weighted by Gasteiger charge is -2.34. The van der Waals surface area contributed by atoms with Gasteiger partial charge in [0.25, 0.3) is 0 Å². The molecule has 4 aromatic rings. The predicted octanol–water partition coefficient (Wildman–Crippen LogP) is 5.80. The molecule has 2 atom stereocenters. The van der Waals surface area contributed by atoms with Crippen molar-refractivity contribution in [3.05, 3.63) is 144 Å². The third kappa shape index (κ3) is 10.4. The highest BCUT2D eigenvalue weighted by Gasteiger charge is 2.28. The molecule has 0 aliphatic heterocycles. The number of unbranched alkanes of at least 4 members (excludes halogenated alkanes) is 1. The molecule has 0 saturated carbocycles. The van der Waals surface area contributed by atoms with E-state index in [2.05, 4.69) is 85.2 Å². The summed E-state index contributed by atoms with van der Waals surface area (Å²) in [5.74, 6) is 1.51. The van der Waals surface area contributed by atoms with Crippen LogP contribution in [0.5, 0.6) is 0 Å². The summed E-state index contributed by atoms with van der Waals surface area (Å²) in [6, 6.07) is 24.4. The van der Waals surface area contributed by atoms with Crippen molar-refractivity contribution in [1.29, 1.82) is 0 Å². The molecule has 0 amide bonds. The predicted molar refractivity (Wildman–Crippen MR) is 178 cm³/mol. The lowest BCUT2D eigenvalue weighted by atomic mass is 9.84. The van der Waals surface area contributed by atoms with E-state index in [-0.39, 0.29) is 11.8 Å². The van der Waals surface area contributed by atoms with Crippen molar-refractivity contribution >= 4 is 0 Å². The molecule has 4 aromatic heterocycles. The number of aromatic nitrogens is 4. The van der Waals surface area contributed by atoms with Crippen LogP contribution in [-0.2, 0) is 30.9 Å². The molecule has 0 saturated heterocycles. The average Bonchev–Trinajstić information content (AvgIpc) is 3.07. The highest BCUT2D eigenvalue weighted by molar-refractivity contribution is 5.31. The Morgan fingerprint density at radius 1 is 0.644 bits per heavy atom. The van der Waals surface area contributed by atoms with Crippen molar-refractivity contribution in [3.8, 4) is 0 Å². The zero-order valence-corrected chi connectivity index (χ0v) is 26.3. The van der Waals surface area contributed by atoms with Gasteiger partial charge in [-0.3, -0.25) is 29.7 Å². The van der Waals surface area contributed by atoms with Crippen LogP contribution in [0.4, 0.5) is 0 Å². The molecule has 2 N–H and O–H groups in total. The van der Waals surface area contributed by atoms with Crippen molar-refractivity contribution in [2.75, 3.05) is 26.2 Å². The molecule has 0 radical (unpaired) electrons. The summed E-state index contributed by atoms with van der Waals surface area (Å²) in [5, 5.41) is 0. The minimum absolute atomic E-state index is 0.224. The fourth-order valence-electron chi connectivity index (χ4n) is 5.70. The Labute approximate surface area is 267 Å². The molecule has 1 aliphatic carbocycles. The lowest BCUT2D eigenvalue weighted by molar-refractivity contribution is 0.139. The molecule has 4 heterocycles. The lowest BCUT2D eigenvalue weighted by Crippen LogP contribution is -2.34. The van der Waals surface area contributed by atoms with E-state index in [1.54, 1.807) is 0 Å². The molecule has 0 fully saturated rings. The van der Waals surface area contributed by atoms with Crippen molar-refractivity contribution in [2.45, 2.75) is 45.9 Å². The van der Waals surface area contributed by atoms with Gasteiger partial charge >= 0.3 is 0 Å². The van der Waals surface area contributed by atoms with Gasteiger partial charge in [0.1, 0.15) is 0 Å². The van der Waals surface area contributed by atoms with Crippen LogP contribution in [0.25, 0.3) is 0 Å². The number of nitrogens with zero attached hydrogens (tertiary/aromatic N) is 6. The fraction of sp³-hybridized carbons (Fsp3) is 0.351. The maximum atomic E-state index is 6.47. The standard InChI is InChI=1S/C37H45N7O/c1-30-32(25-44(28-35-14-4-9-19-41-35)29-36-15-5-10-20-42-36)22-31(23-37(30)45-21-11-6-16-38)24-43(26-33-12-2-7-17-39-33)27-34-13-3-8-18-40-34/h2-5,7-10,12-15,17-20,22-23,30,32H,6,11,16,21,24-29,38H2,1H3. The summed E-state index contributed by atoms with van der Waals surface area (Å²) in [6.45, 7) is 8.17. The molecular formula is C37H45N7O. The SMILES string of the molecule is CC1C(OCCCCN)=CC(CN(Cc2ccccn2)Cc2ccccn2)=CC1CN(Cc1ccccn1)Cc1ccccn1. The minimum atomic E-state index is 0.224. The molecular weight excluding hydrogens is 558 g/mol. The van der Waals surface area contributed by atoms with Crippen molar-refractivity contribution in [2.24, 2.45) is 17.6 Å². The highest BCUT2D eigenvalue weighted by Crippen LogP contribution is 2.32. The monoisotopic (exact) mass is 603 g/mol. The maximum absolute atomic E-state index is 6.47. The van der Waals surface area contributed by atoms with Crippen LogP contribution in [0.3, 0.4) is 0 Å². The van der Waals surface area contributed by atoms with Gasteiger partial charge in [0.2, 0.25) is 0 Å². The number of hydrogen-bond donors (Lipinski definition) is 1. The molecule has 0 aromatic carbocycles. The number of allylic oxidation sites excluding steroid dienone is 1. The molecule has 234 valence electrons. The minimum Gasteiger partial charge on any atom is -0.498 e. The largest absolute Gasteiger partial charge is 0.498 e. The Kier molecular flexibility index (Phi) is 12.4. The molecule has 2 unspecified atom stereocenters. The first kappa shape index (κ1) is 32.2. The fourth-order valence-corrected chi connectivity index (χ4v) is 5.70. The Bertz CT molecular complexity index is 1380. The summed E-state index contributed by atoms with van der Waals surface area (Å²) in [7, 11) is 0. The number of nitrogens with two attached hydrogens (primary N) is 1. The van der Waals surface area contributed by atoms with Crippen LogP contribution >= 0.6 is 0 Å². The molecule has 8 heteroatoms. The smallest absolute Gasteiger partial charge is 0.0997 e. The van der Waals surface area contributed by atoms with Crippen molar-refractivity contribution in [1.82, 2.24) is 29.7 Å². The van der Waals surface area contributed by atoms with Crippen molar-refractivity contribution < 1.29 is 4.74 Å². The topological polar surface area (TPSA) is 93.3 Å². The van der Waals surface area contributed by atoms with Crippen LogP contribution in [0.1, 0.15) is 42.5 Å². The van der Waals surface area contributed by atoms with Crippen LogP contribution < -0.4 is 5.73 Å². The van der Waals surface area contributed by atoms with E-state index < -0.39 is 0 Å². The average molecular weight is 604 g/mol. The number of rotatable bonds is 17. The summed E-state index contributed by atoms with van der Waals surface area (Å²) in [6.07, 6.45) is 14.1. The van der Waals surface area contributed by atoms with Gasteiger partial charge in [-0.05, 0) is 85.5 Å². The van der Waals surface area contributed by atoms with E-state index in [4.69, 9.17) is 10.5 Å². The summed E-state index contributed by atoms with van der Waals surface area (Å²) < 4.78 is 6.47. The molecule has 0 bridgehead atoms. The van der Waals surface area contributed by atoms with E-state index in [0.717, 1.165) is 80.6 Å². The Morgan fingerprint density at radius 2 is 1.13 bits per heavy atom. The number of ether oxygens (including phenoxy) is 1. The van der Waals surface area contributed by atoms with Gasteiger partial charge in [-0.15, -0.1) is 0 Å². The third-order valence-electron chi connectivity index (χ3n) is 8.04. The van der Waals surface area contributed by atoms with E-state index in [0.29, 0.717) is 13.2 Å². The molecule has 1 aliphatic rings. The van der Waals surface area contributed by atoms with Gasteiger partial charge < -0.3 is 10.5 Å². The van der Waals surface area contributed by atoms with Crippen LogP contribution in [-0.4, -0.2) is 56.0 Å². The van der Waals surface area contributed by atoms with Crippen molar-refractivity contribution in [3.63, 3.8) is 0 Å². The normalized spacial score (nSPS) is 16.4. The molecule has 0 spiro atoms. The first-order chi connectivity index (χ1) is 22.2. The highest BCUT2D eigenvalue weighted by atomic mass is 16.5.